The van der Waals surface area contributed by atoms with Gasteiger partial charge in [-0.15, -0.1) is 0 Å². The molecule has 1 amide bonds. The van der Waals surface area contributed by atoms with Crippen LogP contribution < -0.4 is 10.6 Å². The van der Waals surface area contributed by atoms with E-state index in [4.69, 9.17) is 0 Å². The predicted octanol–water partition coefficient (Wildman–Crippen LogP) is 3.94. The summed E-state index contributed by atoms with van der Waals surface area (Å²) in [6, 6.07) is 18.0. The first-order valence-electron chi connectivity index (χ1n) is 8.98. The smallest absolute Gasteiger partial charge is 0.270 e. The average molecular weight is 360 g/mol. The maximum absolute atomic E-state index is 12.5. The number of hydrogen-bond donors (Lipinski definition) is 2. The number of carbonyl (C=O) groups excluding carboxylic acids is 1. The molecule has 0 spiro atoms. The van der Waals surface area contributed by atoms with Gasteiger partial charge in [0.05, 0.1) is 0 Å². The van der Waals surface area contributed by atoms with Crippen molar-refractivity contribution in [2.45, 2.75) is 33.9 Å². The number of anilines is 1. The monoisotopic (exact) mass is 360 g/mol. The van der Waals surface area contributed by atoms with E-state index in [0.717, 1.165) is 16.8 Å². The third kappa shape index (κ3) is 5.38. The van der Waals surface area contributed by atoms with E-state index in [0.29, 0.717) is 24.7 Å². The van der Waals surface area contributed by atoms with Crippen LogP contribution in [0.25, 0.3) is 0 Å². The summed E-state index contributed by atoms with van der Waals surface area (Å²) in [6.07, 6.45) is 0. The molecule has 0 radical (unpaired) electrons. The molecule has 0 saturated carbocycles. The Morgan fingerprint density at radius 3 is 2.37 bits per heavy atom. The van der Waals surface area contributed by atoms with Crippen LogP contribution in [0.5, 0.6) is 0 Å². The summed E-state index contributed by atoms with van der Waals surface area (Å²) < 4.78 is 0. The standard InChI is InChI=1S/C22H24N4O/c1-15-7-9-18(10-8-15)13-24-22-25-17(3)12-20(26-22)21(27)23-14-19-6-4-5-16(2)11-19/h4-12H,13-14H2,1-3H3,(H,23,27)(H,24,25,26). The Hall–Kier alpha value is -3.21. The number of amides is 1. The van der Waals surface area contributed by atoms with Gasteiger partial charge in [0.25, 0.3) is 5.91 Å². The highest BCUT2D eigenvalue weighted by Crippen LogP contribution is 2.09. The van der Waals surface area contributed by atoms with Gasteiger partial charge in [0.2, 0.25) is 5.95 Å². The van der Waals surface area contributed by atoms with Gasteiger partial charge in [-0.25, -0.2) is 9.97 Å². The van der Waals surface area contributed by atoms with Crippen LogP contribution in [0.4, 0.5) is 5.95 Å². The quantitative estimate of drug-likeness (QED) is 0.699. The molecule has 3 aromatic rings. The molecule has 2 N–H and O–H groups in total. The van der Waals surface area contributed by atoms with Crippen LogP contribution in [0.15, 0.2) is 54.6 Å². The first-order chi connectivity index (χ1) is 13.0. The number of aryl methyl sites for hydroxylation is 3. The summed E-state index contributed by atoms with van der Waals surface area (Å²) >= 11 is 0. The van der Waals surface area contributed by atoms with Gasteiger partial charge in [0.15, 0.2) is 0 Å². The molecule has 5 heteroatoms. The first kappa shape index (κ1) is 18.6. The van der Waals surface area contributed by atoms with Crippen molar-refractivity contribution in [3.8, 4) is 0 Å². The highest BCUT2D eigenvalue weighted by molar-refractivity contribution is 5.92. The number of rotatable bonds is 6. The summed E-state index contributed by atoms with van der Waals surface area (Å²) in [4.78, 5) is 21.2. The van der Waals surface area contributed by atoms with E-state index in [9.17, 15) is 4.79 Å². The van der Waals surface area contributed by atoms with Gasteiger partial charge in [-0.1, -0.05) is 59.7 Å². The minimum atomic E-state index is -0.208. The van der Waals surface area contributed by atoms with Crippen molar-refractivity contribution in [1.82, 2.24) is 15.3 Å². The maximum Gasteiger partial charge on any atom is 0.270 e. The molecule has 2 aromatic carbocycles. The first-order valence-corrected chi connectivity index (χ1v) is 8.98. The second-order valence-electron chi connectivity index (χ2n) is 6.73. The third-order valence-electron chi connectivity index (χ3n) is 4.19. The summed E-state index contributed by atoms with van der Waals surface area (Å²) in [6.45, 7) is 7.02. The lowest BCUT2D eigenvalue weighted by atomic mass is 10.1. The molecule has 1 heterocycles. The van der Waals surface area contributed by atoms with Gasteiger partial charge >= 0.3 is 0 Å². The van der Waals surface area contributed by atoms with Crippen molar-refractivity contribution in [1.29, 1.82) is 0 Å². The molecule has 0 aliphatic rings. The molecule has 0 aliphatic carbocycles. The van der Waals surface area contributed by atoms with Crippen LogP contribution in [-0.4, -0.2) is 15.9 Å². The normalized spacial score (nSPS) is 10.5. The van der Waals surface area contributed by atoms with Gasteiger partial charge in [-0.05, 0) is 38.0 Å². The lowest BCUT2D eigenvalue weighted by Crippen LogP contribution is -2.24. The van der Waals surface area contributed by atoms with Gasteiger partial charge in [-0.2, -0.15) is 0 Å². The number of nitrogens with zero attached hydrogens (tertiary/aromatic N) is 2. The van der Waals surface area contributed by atoms with Crippen molar-refractivity contribution in [2.24, 2.45) is 0 Å². The number of benzene rings is 2. The van der Waals surface area contributed by atoms with Crippen molar-refractivity contribution >= 4 is 11.9 Å². The van der Waals surface area contributed by atoms with E-state index in [-0.39, 0.29) is 5.91 Å². The van der Waals surface area contributed by atoms with Crippen LogP contribution in [-0.2, 0) is 13.1 Å². The Bertz CT molecular complexity index is 935. The molecular weight excluding hydrogens is 336 g/mol. The number of hydrogen-bond acceptors (Lipinski definition) is 4. The second-order valence-corrected chi connectivity index (χ2v) is 6.73. The molecule has 3 rings (SSSR count). The van der Waals surface area contributed by atoms with Crippen LogP contribution in [0, 0.1) is 20.8 Å². The SMILES string of the molecule is Cc1ccc(CNc2nc(C)cc(C(=O)NCc3cccc(C)c3)n2)cc1. The zero-order valence-electron chi connectivity index (χ0n) is 15.9. The van der Waals surface area contributed by atoms with Crippen molar-refractivity contribution < 1.29 is 4.79 Å². The van der Waals surface area contributed by atoms with Crippen LogP contribution >= 0.6 is 0 Å². The van der Waals surface area contributed by atoms with E-state index < -0.39 is 0 Å². The van der Waals surface area contributed by atoms with Crippen molar-refractivity contribution in [3.63, 3.8) is 0 Å². The summed E-state index contributed by atoms with van der Waals surface area (Å²) in [5, 5.41) is 6.12. The van der Waals surface area contributed by atoms with Crippen LogP contribution in [0.1, 0.15) is 38.4 Å². The average Bonchev–Trinajstić information content (AvgIpc) is 2.65. The van der Waals surface area contributed by atoms with Crippen molar-refractivity contribution in [3.05, 3.63) is 88.2 Å². The van der Waals surface area contributed by atoms with Gasteiger partial charge in [0.1, 0.15) is 5.69 Å². The third-order valence-corrected chi connectivity index (χ3v) is 4.19. The Morgan fingerprint density at radius 1 is 0.852 bits per heavy atom. The van der Waals surface area contributed by atoms with Crippen molar-refractivity contribution in [2.75, 3.05) is 5.32 Å². The fourth-order valence-electron chi connectivity index (χ4n) is 2.75. The fourth-order valence-corrected chi connectivity index (χ4v) is 2.75. The molecule has 0 fully saturated rings. The van der Waals surface area contributed by atoms with E-state index in [1.54, 1.807) is 6.07 Å². The van der Waals surface area contributed by atoms with Gasteiger partial charge in [0, 0.05) is 18.8 Å². The van der Waals surface area contributed by atoms with E-state index >= 15 is 0 Å². The second kappa shape index (κ2) is 8.45. The molecule has 5 nitrogen and oxygen atoms in total. The zero-order valence-corrected chi connectivity index (χ0v) is 15.9. The molecule has 27 heavy (non-hydrogen) atoms. The van der Waals surface area contributed by atoms with Crippen LogP contribution in [0.3, 0.4) is 0 Å². The highest BCUT2D eigenvalue weighted by Gasteiger charge is 2.10. The lowest BCUT2D eigenvalue weighted by Gasteiger charge is -2.09. The Balaban J connectivity index is 1.64. The minimum Gasteiger partial charge on any atom is -0.350 e. The van der Waals surface area contributed by atoms with E-state index in [1.807, 2.05) is 32.0 Å². The van der Waals surface area contributed by atoms with E-state index in [1.165, 1.54) is 11.1 Å². The molecular formula is C22H24N4O. The highest BCUT2D eigenvalue weighted by atomic mass is 16.1. The lowest BCUT2D eigenvalue weighted by molar-refractivity contribution is 0.0945. The molecule has 138 valence electrons. The summed E-state index contributed by atoms with van der Waals surface area (Å²) in [5.74, 6) is 0.247. The maximum atomic E-state index is 12.5. The molecule has 0 saturated heterocycles. The zero-order chi connectivity index (χ0) is 19.2. The van der Waals surface area contributed by atoms with Gasteiger partial charge < -0.3 is 10.6 Å². The Labute approximate surface area is 159 Å². The molecule has 0 atom stereocenters. The Kier molecular flexibility index (Phi) is 5.81. The Morgan fingerprint density at radius 2 is 1.63 bits per heavy atom. The van der Waals surface area contributed by atoms with Gasteiger partial charge in [-0.3, -0.25) is 4.79 Å². The number of carbonyl (C=O) groups is 1. The molecule has 0 unspecified atom stereocenters. The fraction of sp³-hybridized carbons (Fsp3) is 0.227. The topological polar surface area (TPSA) is 66.9 Å². The van der Waals surface area contributed by atoms with E-state index in [2.05, 4.69) is 57.9 Å². The predicted molar refractivity (Wildman–Crippen MR) is 108 cm³/mol. The molecule has 0 aliphatic heterocycles. The minimum absolute atomic E-state index is 0.208. The number of aromatic nitrogens is 2. The molecule has 0 bridgehead atoms. The number of nitrogens with one attached hydrogen (secondary N) is 2. The molecule has 1 aromatic heterocycles. The summed E-state index contributed by atoms with van der Waals surface area (Å²) in [5.41, 5.74) is 5.70. The van der Waals surface area contributed by atoms with Crippen LogP contribution in [0.2, 0.25) is 0 Å². The largest absolute Gasteiger partial charge is 0.350 e. The summed E-state index contributed by atoms with van der Waals surface area (Å²) in [7, 11) is 0.